The molecule has 49 heavy (non-hydrogen) atoms. The third-order valence-corrected chi connectivity index (χ3v) is 10.7. The molecule has 0 spiro atoms. The molecule has 0 radical (unpaired) electrons. The van der Waals surface area contributed by atoms with E-state index in [9.17, 15) is 19.2 Å². The third-order valence-electron chi connectivity index (χ3n) is 8.96. The van der Waals surface area contributed by atoms with Gasteiger partial charge in [0.15, 0.2) is 5.76 Å². The summed E-state index contributed by atoms with van der Waals surface area (Å²) in [5.41, 5.74) is 2.88. The van der Waals surface area contributed by atoms with Crippen LogP contribution >= 0.6 is 22.7 Å². The smallest absolute Gasteiger partial charge is 0.264 e. The van der Waals surface area contributed by atoms with Gasteiger partial charge >= 0.3 is 0 Å². The van der Waals surface area contributed by atoms with Crippen LogP contribution < -0.4 is 10.6 Å². The summed E-state index contributed by atoms with van der Waals surface area (Å²) < 4.78 is 6.05. The van der Waals surface area contributed by atoms with E-state index in [4.69, 9.17) is 4.42 Å². The Bertz CT molecular complexity index is 1780. The van der Waals surface area contributed by atoms with Crippen LogP contribution in [0.2, 0.25) is 0 Å². The van der Waals surface area contributed by atoms with E-state index in [0.29, 0.717) is 45.9 Å². The predicted octanol–water partition coefficient (Wildman–Crippen LogP) is 7.40. The zero-order valence-corrected chi connectivity index (χ0v) is 28.3. The molecule has 2 fully saturated rings. The molecule has 10 nitrogen and oxygen atoms in total. The van der Waals surface area contributed by atoms with Crippen LogP contribution in [0.25, 0.3) is 22.8 Å². The Balaban J connectivity index is 0.908. The van der Waals surface area contributed by atoms with Gasteiger partial charge in [0.25, 0.3) is 11.8 Å². The van der Waals surface area contributed by atoms with Crippen molar-refractivity contribution in [1.29, 1.82) is 0 Å². The van der Waals surface area contributed by atoms with E-state index in [2.05, 4.69) is 15.6 Å². The molecule has 2 saturated heterocycles. The zero-order chi connectivity index (χ0) is 33.7. The largest absolute Gasteiger partial charge is 0.436 e. The quantitative estimate of drug-likeness (QED) is 0.157. The maximum Gasteiger partial charge on any atom is 0.264 e. The van der Waals surface area contributed by atoms with Crippen molar-refractivity contribution in [2.45, 2.75) is 50.6 Å². The van der Waals surface area contributed by atoms with Gasteiger partial charge in [0.2, 0.25) is 17.7 Å². The summed E-state index contributed by atoms with van der Waals surface area (Å²) in [6, 6.07) is 21.8. The van der Waals surface area contributed by atoms with Crippen LogP contribution in [0.5, 0.6) is 0 Å². The summed E-state index contributed by atoms with van der Waals surface area (Å²) in [5.74, 6) is 0.750. The number of nitrogens with one attached hydrogen (secondary N) is 2. The molecule has 4 amide bonds. The van der Waals surface area contributed by atoms with Gasteiger partial charge in [0, 0.05) is 60.5 Å². The molecular weight excluding hydrogens is 659 g/mol. The molecular formula is C37H35N5O5S2. The van der Waals surface area contributed by atoms with Crippen molar-refractivity contribution >= 4 is 57.7 Å². The number of oxazole rings is 1. The summed E-state index contributed by atoms with van der Waals surface area (Å²) in [5, 5.41) is 9.69. The number of benzene rings is 2. The molecule has 0 saturated carbocycles. The molecule has 12 heteroatoms. The summed E-state index contributed by atoms with van der Waals surface area (Å²) >= 11 is 2.84. The number of amides is 4. The number of nitrogens with zero attached hydrogens (tertiary/aromatic N) is 3. The highest BCUT2D eigenvalue weighted by atomic mass is 32.1. The molecule has 2 N–H and O–H groups in total. The van der Waals surface area contributed by atoms with Crippen LogP contribution in [0.4, 0.5) is 11.4 Å². The van der Waals surface area contributed by atoms with Crippen molar-refractivity contribution in [3.8, 4) is 22.8 Å². The Labute approximate surface area is 291 Å². The fourth-order valence-electron chi connectivity index (χ4n) is 6.52. The summed E-state index contributed by atoms with van der Waals surface area (Å²) in [7, 11) is 0. The highest BCUT2D eigenvalue weighted by molar-refractivity contribution is 7.12. The van der Waals surface area contributed by atoms with Crippen molar-refractivity contribution < 1.29 is 23.6 Å². The van der Waals surface area contributed by atoms with Crippen molar-refractivity contribution in [2.24, 2.45) is 0 Å². The van der Waals surface area contributed by atoms with Gasteiger partial charge < -0.3 is 24.9 Å². The number of anilines is 2. The fraction of sp³-hybridized carbons (Fsp3) is 0.270. The minimum atomic E-state index is -0.133. The second-order valence-corrected chi connectivity index (χ2v) is 14.1. The number of hydrogen-bond donors (Lipinski definition) is 2. The Morgan fingerprint density at radius 3 is 1.65 bits per heavy atom. The van der Waals surface area contributed by atoms with E-state index in [1.54, 1.807) is 18.3 Å². The van der Waals surface area contributed by atoms with Crippen LogP contribution in [0.3, 0.4) is 0 Å². The van der Waals surface area contributed by atoms with E-state index in [1.165, 1.54) is 22.7 Å². The Morgan fingerprint density at radius 2 is 1.18 bits per heavy atom. The van der Waals surface area contributed by atoms with Crippen molar-refractivity contribution in [1.82, 2.24) is 14.8 Å². The highest BCUT2D eigenvalue weighted by Gasteiger charge is 2.32. The van der Waals surface area contributed by atoms with Crippen LogP contribution in [0.1, 0.15) is 57.9 Å². The normalized spacial score (nSPS) is 17.3. The molecule has 3 aromatic heterocycles. The molecule has 2 aliphatic rings. The second-order valence-electron chi connectivity index (χ2n) is 12.2. The first-order valence-electron chi connectivity index (χ1n) is 16.4. The van der Waals surface area contributed by atoms with Crippen LogP contribution in [0.15, 0.2) is 94.2 Å². The van der Waals surface area contributed by atoms with Gasteiger partial charge in [0.05, 0.1) is 16.0 Å². The van der Waals surface area contributed by atoms with Crippen molar-refractivity contribution in [3.63, 3.8) is 0 Å². The fourth-order valence-corrected chi connectivity index (χ4v) is 7.88. The lowest BCUT2D eigenvalue weighted by Crippen LogP contribution is -2.37. The van der Waals surface area contributed by atoms with E-state index in [1.807, 2.05) is 81.2 Å². The van der Waals surface area contributed by atoms with E-state index < -0.39 is 0 Å². The molecule has 2 aromatic carbocycles. The first-order chi connectivity index (χ1) is 23.9. The van der Waals surface area contributed by atoms with Gasteiger partial charge in [-0.15, -0.1) is 22.7 Å². The molecule has 250 valence electrons. The number of aromatic nitrogens is 1. The monoisotopic (exact) mass is 693 g/mol. The van der Waals surface area contributed by atoms with Gasteiger partial charge in [-0.1, -0.05) is 12.1 Å². The van der Waals surface area contributed by atoms with Gasteiger partial charge in [-0.05, 0) is 97.1 Å². The first-order valence-corrected chi connectivity index (χ1v) is 18.1. The molecule has 7 rings (SSSR count). The highest BCUT2D eigenvalue weighted by Crippen LogP contribution is 2.29. The van der Waals surface area contributed by atoms with Crippen LogP contribution in [-0.4, -0.2) is 63.6 Å². The number of hydrogen-bond acceptors (Lipinski definition) is 8. The first kappa shape index (κ1) is 32.5. The van der Waals surface area contributed by atoms with Gasteiger partial charge in [-0.25, -0.2) is 4.98 Å². The lowest BCUT2D eigenvalue weighted by molar-refractivity contribution is -0.117. The number of carbonyl (C=O) groups excluding carboxylic acids is 4. The minimum Gasteiger partial charge on any atom is -0.436 e. The topological polar surface area (TPSA) is 125 Å². The van der Waals surface area contributed by atoms with E-state index >= 15 is 0 Å². The Hall–Kier alpha value is -5.07. The minimum absolute atomic E-state index is 0.00436. The van der Waals surface area contributed by atoms with Gasteiger partial charge in [-0.3, -0.25) is 19.2 Å². The van der Waals surface area contributed by atoms with Gasteiger partial charge in [0.1, 0.15) is 0 Å². The molecule has 2 atom stereocenters. The SMILES string of the molecule is O=C(C[C@@H]1CCCN1C(=O)c1cccs1)Nc1ccc(-c2cnc(-c3ccc(NC(=O)C[C@@H]4CCCN4C(=O)c4cccs4)cc3)o2)cc1. The molecule has 0 unspecified atom stereocenters. The summed E-state index contributed by atoms with van der Waals surface area (Å²) in [6.07, 6.45) is 5.57. The van der Waals surface area contributed by atoms with E-state index in [0.717, 1.165) is 36.8 Å². The molecule has 0 aliphatic carbocycles. The number of thiophene rings is 2. The summed E-state index contributed by atoms with van der Waals surface area (Å²) in [4.78, 5) is 60.9. The maximum atomic E-state index is 12.9. The molecule has 5 heterocycles. The average molecular weight is 694 g/mol. The lowest BCUT2D eigenvalue weighted by atomic mass is 10.1. The van der Waals surface area contributed by atoms with Crippen LogP contribution in [0, 0.1) is 0 Å². The summed E-state index contributed by atoms with van der Waals surface area (Å²) in [6.45, 7) is 1.34. The Kier molecular flexibility index (Phi) is 9.67. The molecule has 2 aliphatic heterocycles. The standard InChI is InChI=1S/C37H35N5O5S2/c43-33(21-28-5-1-17-41(28)36(45)31-7-3-19-48-31)39-26-13-9-24(10-14-26)30-23-38-35(47-30)25-11-15-27(16-12-25)40-34(44)22-29-6-2-18-42(29)37(46)32-8-4-20-49-32/h3-4,7-16,19-20,23,28-29H,1-2,5-6,17-18,21-22H2,(H,39,43)(H,40,44)/t28-,29-/m0/s1. The van der Waals surface area contributed by atoms with E-state index in [-0.39, 0.29) is 48.6 Å². The average Bonchev–Trinajstić information content (AvgIpc) is 3.95. The number of likely N-dealkylation sites (tertiary alicyclic amines) is 2. The zero-order valence-electron chi connectivity index (χ0n) is 26.7. The third kappa shape index (κ3) is 7.50. The number of rotatable bonds is 10. The number of carbonyl (C=O) groups is 4. The van der Waals surface area contributed by atoms with Gasteiger partial charge in [-0.2, -0.15) is 0 Å². The second kappa shape index (κ2) is 14.6. The molecule has 5 aromatic rings. The maximum absolute atomic E-state index is 12.9. The predicted molar refractivity (Wildman–Crippen MR) is 191 cm³/mol. The Morgan fingerprint density at radius 1 is 0.694 bits per heavy atom. The van der Waals surface area contributed by atoms with Crippen molar-refractivity contribution in [3.05, 3.63) is 99.5 Å². The molecule has 0 bridgehead atoms. The van der Waals surface area contributed by atoms with Crippen LogP contribution in [-0.2, 0) is 9.59 Å². The van der Waals surface area contributed by atoms with Crippen molar-refractivity contribution in [2.75, 3.05) is 23.7 Å². The lowest BCUT2D eigenvalue weighted by Gasteiger charge is -2.23.